The molecule has 0 bridgehead atoms. The van der Waals surface area contributed by atoms with Crippen molar-refractivity contribution in [3.8, 4) is 22.3 Å². The van der Waals surface area contributed by atoms with E-state index in [4.69, 9.17) is 5.73 Å². The van der Waals surface area contributed by atoms with Crippen molar-refractivity contribution in [1.82, 2.24) is 10.3 Å². The van der Waals surface area contributed by atoms with Crippen LogP contribution in [0.5, 0.6) is 0 Å². The second-order valence-corrected chi connectivity index (χ2v) is 10.4. The van der Waals surface area contributed by atoms with Crippen LogP contribution in [-0.2, 0) is 15.1 Å². The molecule has 1 heterocycles. The number of pyridine rings is 1. The Kier molecular flexibility index (Phi) is 7.42. The summed E-state index contributed by atoms with van der Waals surface area (Å²) < 4.78 is 19.7. The van der Waals surface area contributed by atoms with Crippen LogP contribution in [0.1, 0.15) is 50.5 Å². The maximum atomic E-state index is 15.0. The number of anilines is 1. The SMILES string of the molecule is COC(=O)N[C@H]1CC[C@H](CC(=O)Nc2cc(-c3ccccc3)c(-c3ccc(C4(N)CC4)c(F)c3)cn2)CC1. The maximum Gasteiger partial charge on any atom is 0.407 e. The van der Waals surface area contributed by atoms with E-state index in [-0.39, 0.29) is 23.7 Å². The molecule has 2 fully saturated rings. The van der Waals surface area contributed by atoms with Gasteiger partial charge in [-0.25, -0.2) is 14.2 Å². The predicted octanol–water partition coefficient (Wildman–Crippen LogP) is 5.75. The molecule has 2 amide bonds. The molecular formula is C30H33FN4O3. The molecule has 0 saturated heterocycles. The van der Waals surface area contributed by atoms with Gasteiger partial charge in [0.2, 0.25) is 5.91 Å². The third kappa shape index (κ3) is 5.86. The van der Waals surface area contributed by atoms with Gasteiger partial charge < -0.3 is 21.1 Å². The van der Waals surface area contributed by atoms with Crippen LogP contribution < -0.4 is 16.4 Å². The number of carbonyl (C=O) groups is 2. The lowest BCUT2D eigenvalue weighted by atomic mass is 9.84. The molecule has 5 rings (SSSR count). The lowest BCUT2D eigenvalue weighted by Gasteiger charge is -2.28. The highest BCUT2D eigenvalue weighted by Crippen LogP contribution is 2.44. The molecule has 0 aliphatic heterocycles. The average Bonchev–Trinajstić information content (AvgIpc) is 3.68. The predicted molar refractivity (Wildman–Crippen MR) is 145 cm³/mol. The fourth-order valence-electron chi connectivity index (χ4n) is 5.29. The summed E-state index contributed by atoms with van der Waals surface area (Å²) in [6.45, 7) is 0. The first-order valence-corrected chi connectivity index (χ1v) is 13.1. The number of benzene rings is 2. The highest BCUT2D eigenvalue weighted by atomic mass is 19.1. The number of rotatable bonds is 7. The van der Waals surface area contributed by atoms with Crippen molar-refractivity contribution in [2.24, 2.45) is 11.7 Å². The molecule has 0 unspecified atom stereocenters. The van der Waals surface area contributed by atoms with Gasteiger partial charge in [-0.15, -0.1) is 0 Å². The molecule has 0 radical (unpaired) electrons. The Morgan fingerprint density at radius 1 is 1.03 bits per heavy atom. The second kappa shape index (κ2) is 10.9. The number of carbonyl (C=O) groups excluding carboxylic acids is 2. The number of nitrogens with one attached hydrogen (secondary N) is 2. The van der Waals surface area contributed by atoms with Gasteiger partial charge in [-0.2, -0.15) is 0 Å². The van der Waals surface area contributed by atoms with E-state index >= 15 is 4.39 Å². The Labute approximate surface area is 222 Å². The van der Waals surface area contributed by atoms with Crippen molar-refractivity contribution in [2.75, 3.05) is 12.4 Å². The molecule has 2 aliphatic carbocycles. The highest BCUT2D eigenvalue weighted by molar-refractivity contribution is 5.92. The molecule has 8 heteroatoms. The third-order valence-corrected chi connectivity index (χ3v) is 7.69. The standard InChI is InChI=1S/C30H33FN4O3/c1-38-29(37)34-22-10-7-19(8-11-22)15-28(36)35-27-17-23(20-5-3-2-4-6-20)24(18-33-27)21-9-12-25(26(31)16-21)30(32)13-14-30/h2-6,9,12,16-19,22H,7-8,10-11,13-15,32H2,1H3,(H,34,37)(H,33,35,36)/t19-,22-. The van der Waals surface area contributed by atoms with E-state index in [1.54, 1.807) is 12.3 Å². The summed E-state index contributed by atoms with van der Waals surface area (Å²) in [6.07, 6.45) is 6.59. The van der Waals surface area contributed by atoms with Gasteiger partial charge in [-0.1, -0.05) is 42.5 Å². The molecule has 38 heavy (non-hydrogen) atoms. The average molecular weight is 517 g/mol. The van der Waals surface area contributed by atoms with Crippen molar-refractivity contribution >= 4 is 17.8 Å². The first-order valence-electron chi connectivity index (χ1n) is 13.1. The number of amides is 2. The van der Waals surface area contributed by atoms with Gasteiger partial charge in [-0.05, 0) is 73.3 Å². The number of hydrogen-bond acceptors (Lipinski definition) is 5. The van der Waals surface area contributed by atoms with Crippen molar-refractivity contribution < 1.29 is 18.7 Å². The van der Waals surface area contributed by atoms with E-state index < -0.39 is 11.6 Å². The van der Waals surface area contributed by atoms with E-state index in [9.17, 15) is 9.59 Å². The second-order valence-electron chi connectivity index (χ2n) is 10.4. The first kappa shape index (κ1) is 25.9. The Bertz CT molecular complexity index is 1320. The minimum atomic E-state index is -0.547. The minimum Gasteiger partial charge on any atom is -0.453 e. The Morgan fingerprint density at radius 2 is 1.76 bits per heavy atom. The number of nitrogens with zero attached hydrogens (tertiary/aromatic N) is 1. The molecule has 3 aromatic rings. The van der Waals surface area contributed by atoms with Crippen molar-refractivity contribution in [2.45, 2.75) is 56.5 Å². The first-order chi connectivity index (χ1) is 18.3. The third-order valence-electron chi connectivity index (χ3n) is 7.69. The Hall–Kier alpha value is -3.78. The van der Waals surface area contributed by atoms with Gasteiger partial charge >= 0.3 is 6.09 Å². The monoisotopic (exact) mass is 516 g/mol. The van der Waals surface area contributed by atoms with Gasteiger partial charge in [0.1, 0.15) is 11.6 Å². The number of aromatic nitrogens is 1. The molecule has 0 atom stereocenters. The molecule has 2 aromatic carbocycles. The smallest absolute Gasteiger partial charge is 0.407 e. The van der Waals surface area contributed by atoms with Crippen LogP contribution in [0, 0.1) is 11.7 Å². The maximum absolute atomic E-state index is 15.0. The molecule has 2 aliphatic rings. The summed E-state index contributed by atoms with van der Waals surface area (Å²) in [5, 5.41) is 5.79. The zero-order valence-electron chi connectivity index (χ0n) is 21.5. The zero-order chi connectivity index (χ0) is 26.7. The zero-order valence-corrected chi connectivity index (χ0v) is 21.5. The molecule has 4 N–H and O–H groups in total. The normalized spacial score (nSPS) is 19.9. The van der Waals surface area contributed by atoms with Crippen LogP contribution in [0.4, 0.5) is 15.0 Å². The summed E-state index contributed by atoms with van der Waals surface area (Å²) >= 11 is 0. The minimum absolute atomic E-state index is 0.0861. The Balaban J connectivity index is 1.31. The number of methoxy groups -OCH3 is 1. The quantitative estimate of drug-likeness (QED) is 0.371. The van der Waals surface area contributed by atoms with Crippen LogP contribution in [-0.4, -0.2) is 30.1 Å². The van der Waals surface area contributed by atoms with E-state index in [1.807, 2.05) is 42.5 Å². The van der Waals surface area contributed by atoms with Gasteiger partial charge in [0.05, 0.1) is 7.11 Å². The molecule has 2 saturated carbocycles. The number of alkyl carbamates (subject to hydrolysis) is 1. The van der Waals surface area contributed by atoms with Crippen molar-refractivity contribution in [3.05, 3.63) is 72.2 Å². The molecule has 1 aromatic heterocycles. The van der Waals surface area contributed by atoms with Crippen LogP contribution in [0.25, 0.3) is 22.3 Å². The lowest BCUT2D eigenvalue weighted by molar-refractivity contribution is -0.117. The van der Waals surface area contributed by atoms with E-state index in [0.717, 1.165) is 55.2 Å². The summed E-state index contributed by atoms with van der Waals surface area (Å²) in [6, 6.07) is 16.9. The molecule has 7 nitrogen and oxygen atoms in total. The van der Waals surface area contributed by atoms with E-state index in [1.165, 1.54) is 13.2 Å². The fraction of sp³-hybridized carbons (Fsp3) is 0.367. The van der Waals surface area contributed by atoms with Gasteiger partial charge in [0.25, 0.3) is 0 Å². The molecule has 198 valence electrons. The molecule has 0 spiro atoms. The summed E-state index contributed by atoms with van der Waals surface area (Å²) in [7, 11) is 1.35. The van der Waals surface area contributed by atoms with Gasteiger partial charge in [0.15, 0.2) is 0 Å². The number of ether oxygens (including phenoxy) is 1. The molecular weight excluding hydrogens is 483 g/mol. The summed E-state index contributed by atoms with van der Waals surface area (Å²) in [5.41, 5.74) is 9.51. The van der Waals surface area contributed by atoms with Crippen molar-refractivity contribution in [3.63, 3.8) is 0 Å². The van der Waals surface area contributed by atoms with Crippen LogP contribution in [0.3, 0.4) is 0 Å². The lowest BCUT2D eigenvalue weighted by Crippen LogP contribution is -2.37. The largest absolute Gasteiger partial charge is 0.453 e. The van der Waals surface area contributed by atoms with E-state index in [2.05, 4.69) is 20.4 Å². The number of hydrogen-bond donors (Lipinski definition) is 3. The van der Waals surface area contributed by atoms with Gasteiger partial charge in [-0.3, -0.25) is 4.79 Å². The van der Waals surface area contributed by atoms with E-state index in [0.29, 0.717) is 23.4 Å². The summed E-state index contributed by atoms with van der Waals surface area (Å²) in [4.78, 5) is 28.8. The van der Waals surface area contributed by atoms with Gasteiger partial charge in [0, 0.05) is 35.3 Å². The summed E-state index contributed by atoms with van der Waals surface area (Å²) in [5.74, 6) is 0.295. The van der Waals surface area contributed by atoms with Crippen molar-refractivity contribution in [1.29, 1.82) is 0 Å². The van der Waals surface area contributed by atoms with Crippen LogP contribution in [0.2, 0.25) is 0 Å². The van der Waals surface area contributed by atoms with Crippen LogP contribution in [0.15, 0.2) is 60.8 Å². The highest BCUT2D eigenvalue weighted by Gasteiger charge is 2.42. The topological polar surface area (TPSA) is 106 Å². The van der Waals surface area contributed by atoms with Crippen LogP contribution >= 0.6 is 0 Å². The number of nitrogens with two attached hydrogens (primary N) is 1. The number of halogens is 1. The fourth-order valence-corrected chi connectivity index (χ4v) is 5.29. The Morgan fingerprint density at radius 3 is 2.42 bits per heavy atom.